The highest BCUT2D eigenvalue weighted by atomic mass is 35.5. The molecule has 0 fully saturated rings. The van der Waals surface area contributed by atoms with Gasteiger partial charge in [0.2, 0.25) is 0 Å². The molecule has 0 saturated carbocycles. The Morgan fingerprint density at radius 3 is 2.47 bits per heavy atom. The topological polar surface area (TPSA) is 75.4 Å². The fraction of sp³-hybridized carbons (Fsp3) is 0. The maximum atomic E-state index is 10.9. The molecule has 0 spiro atoms. The number of nitrogen functional groups attached to an aromatic ring is 1. The Balaban J connectivity index is 2.34. The van der Waals surface area contributed by atoms with Crippen molar-refractivity contribution < 1.29 is 9.90 Å². The number of hydrogen-bond acceptors (Lipinski definition) is 3. The highest BCUT2D eigenvalue weighted by Gasteiger charge is 2.07. The Morgan fingerprint density at radius 1 is 1.11 bits per heavy atom. The monoisotopic (exact) mass is 296 g/mol. The normalized spacial score (nSPS) is 10.2. The molecule has 19 heavy (non-hydrogen) atoms. The maximum absolute atomic E-state index is 10.9. The van der Waals surface area contributed by atoms with E-state index in [2.05, 4.69) is 5.32 Å². The molecule has 0 amide bonds. The molecule has 4 N–H and O–H groups in total. The van der Waals surface area contributed by atoms with Gasteiger partial charge in [0.25, 0.3) is 0 Å². The van der Waals surface area contributed by atoms with Crippen LogP contribution < -0.4 is 11.1 Å². The first-order valence-electron chi connectivity index (χ1n) is 5.32. The first-order chi connectivity index (χ1) is 8.97. The van der Waals surface area contributed by atoms with Gasteiger partial charge in [-0.1, -0.05) is 23.2 Å². The minimum Gasteiger partial charge on any atom is -0.478 e. The number of carboxylic acids is 1. The number of nitrogens with one attached hydrogen (secondary N) is 1. The van der Waals surface area contributed by atoms with Crippen LogP contribution in [0.1, 0.15) is 10.4 Å². The van der Waals surface area contributed by atoms with Gasteiger partial charge in [0.1, 0.15) is 0 Å². The zero-order chi connectivity index (χ0) is 14.0. The quantitative estimate of drug-likeness (QED) is 0.748. The van der Waals surface area contributed by atoms with Crippen molar-refractivity contribution in [2.24, 2.45) is 0 Å². The van der Waals surface area contributed by atoms with Gasteiger partial charge in [-0.25, -0.2) is 4.79 Å². The van der Waals surface area contributed by atoms with Crippen LogP contribution in [0.15, 0.2) is 36.4 Å². The SMILES string of the molecule is Nc1ccc(C(=O)O)cc1Nc1ccc(Cl)c(Cl)c1. The summed E-state index contributed by atoms with van der Waals surface area (Å²) >= 11 is 11.7. The van der Waals surface area contributed by atoms with E-state index in [9.17, 15) is 4.79 Å². The molecule has 2 aromatic carbocycles. The Morgan fingerprint density at radius 2 is 1.84 bits per heavy atom. The number of carbonyl (C=O) groups is 1. The average molecular weight is 297 g/mol. The maximum Gasteiger partial charge on any atom is 0.335 e. The van der Waals surface area contributed by atoms with Crippen molar-refractivity contribution in [3.63, 3.8) is 0 Å². The van der Waals surface area contributed by atoms with Gasteiger partial charge in [0, 0.05) is 5.69 Å². The summed E-state index contributed by atoms with van der Waals surface area (Å²) in [5, 5.41) is 12.8. The summed E-state index contributed by atoms with van der Waals surface area (Å²) in [6, 6.07) is 9.43. The van der Waals surface area contributed by atoms with Gasteiger partial charge >= 0.3 is 5.97 Å². The first kappa shape index (κ1) is 13.5. The van der Waals surface area contributed by atoms with Crippen LogP contribution in [0.2, 0.25) is 10.0 Å². The predicted molar refractivity (Wildman–Crippen MR) is 77.6 cm³/mol. The van der Waals surface area contributed by atoms with E-state index in [-0.39, 0.29) is 5.56 Å². The first-order valence-corrected chi connectivity index (χ1v) is 6.08. The number of anilines is 3. The molecular formula is C13H10Cl2N2O2. The summed E-state index contributed by atoms with van der Waals surface area (Å²) in [5.41, 5.74) is 7.55. The third-order valence-corrected chi connectivity index (χ3v) is 3.24. The van der Waals surface area contributed by atoms with E-state index in [4.69, 9.17) is 34.0 Å². The van der Waals surface area contributed by atoms with E-state index in [1.54, 1.807) is 18.2 Å². The lowest BCUT2D eigenvalue weighted by atomic mass is 10.1. The molecule has 0 aliphatic heterocycles. The fourth-order valence-electron chi connectivity index (χ4n) is 1.53. The lowest BCUT2D eigenvalue weighted by Gasteiger charge is -2.11. The van der Waals surface area contributed by atoms with E-state index in [1.807, 2.05) is 0 Å². The lowest BCUT2D eigenvalue weighted by molar-refractivity contribution is 0.0697. The smallest absolute Gasteiger partial charge is 0.335 e. The van der Waals surface area contributed by atoms with Crippen LogP contribution in [0.25, 0.3) is 0 Å². The molecule has 98 valence electrons. The van der Waals surface area contributed by atoms with E-state index in [1.165, 1.54) is 18.2 Å². The van der Waals surface area contributed by atoms with E-state index < -0.39 is 5.97 Å². The molecule has 2 aromatic rings. The number of halogens is 2. The van der Waals surface area contributed by atoms with Crippen LogP contribution in [0.4, 0.5) is 17.1 Å². The summed E-state index contributed by atoms with van der Waals surface area (Å²) in [6.07, 6.45) is 0. The Labute approximate surface area is 119 Å². The van der Waals surface area contributed by atoms with Gasteiger partial charge in [-0.15, -0.1) is 0 Å². The Hall–Kier alpha value is -1.91. The highest BCUT2D eigenvalue weighted by molar-refractivity contribution is 6.42. The van der Waals surface area contributed by atoms with Crippen molar-refractivity contribution in [3.05, 3.63) is 52.0 Å². The molecule has 2 rings (SSSR count). The second kappa shape index (κ2) is 5.38. The molecule has 6 heteroatoms. The van der Waals surface area contributed by atoms with Crippen molar-refractivity contribution in [2.45, 2.75) is 0 Å². The molecule has 0 saturated heterocycles. The second-order valence-electron chi connectivity index (χ2n) is 3.86. The van der Waals surface area contributed by atoms with Crippen molar-refractivity contribution >= 4 is 46.2 Å². The molecule has 0 radical (unpaired) electrons. The van der Waals surface area contributed by atoms with Crippen LogP contribution in [-0.2, 0) is 0 Å². The number of aromatic carboxylic acids is 1. The van der Waals surface area contributed by atoms with Gasteiger partial charge in [0.15, 0.2) is 0 Å². The number of rotatable bonds is 3. The largest absolute Gasteiger partial charge is 0.478 e. The van der Waals surface area contributed by atoms with Crippen LogP contribution >= 0.6 is 23.2 Å². The molecule has 0 aromatic heterocycles. The molecule has 0 bridgehead atoms. The van der Waals surface area contributed by atoms with Gasteiger partial charge in [-0.05, 0) is 36.4 Å². The molecule has 0 heterocycles. The number of benzene rings is 2. The fourth-order valence-corrected chi connectivity index (χ4v) is 1.83. The lowest BCUT2D eigenvalue weighted by Crippen LogP contribution is -2.01. The summed E-state index contributed by atoms with van der Waals surface area (Å²) in [5.74, 6) is -1.02. The zero-order valence-corrected chi connectivity index (χ0v) is 11.2. The Bertz CT molecular complexity index is 645. The van der Waals surface area contributed by atoms with Crippen LogP contribution in [0, 0.1) is 0 Å². The van der Waals surface area contributed by atoms with E-state index in [0.29, 0.717) is 27.1 Å². The van der Waals surface area contributed by atoms with Crippen molar-refractivity contribution in [1.29, 1.82) is 0 Å². The van der Waals surface area contributed by atoms with Gasteiger partial charge in [0.05, 0.1) is 27.0 Å². The number of nitrogens with two attached hydrogens (primary N) is 1. The van der Waals surface area contributed by atoms with Crippen LogP contribution in [-0.4, -0.2) is 11.1 Å². The van der Waals surface area contributed by atoms with E-state index in [0.717, 1.165) is 0 Å². The zero-order valence-electron chi connectivity index (χ0n) is 9.65. The van der Waals surface area contributed by atoms with Crippen molar-refractivity contribution in [2.75, 3.05) is 11.1 Å². The van der Waals surface area contributed by atoms with Gasteiger partial charge in [-0.3, -0.25) is 0 Å². The molecule has 0 unspecified atom stereocenters. The summed E-state index contributed by atoms with van der Waals surface area (Å²) in [6.45, 7) is 0. The number of carboxylic acid groups (broad SMARTS) is 1. The van der Waals surface area contributed by atoms with E-state index >= 15 is 0 Å². The summed E-state index contributed by atoms with van der Waals surface area (Å²) < 4.78 is 0. The Kier molecular flexibility index (Phi) is 3.83. The molecule has 0 aliphatic carbocycles. The van der Waals surface area contributed by atoms with Crippen LogP contribution in [0.5, 0.6) is 0 Å². The third-order valence-electron chi connectivity index (χ3n) is 2.50. The predicted octanol–water partition coefficient (Wildman–Crippen LogP) is 4.02. The summed E-state index contributed by atoms with van der Waals surface area (Å²) in [4.78, 5) is 10.9. The molecular weight excluding hydrogens is 287 g/mol. The van der Waals surface area contributed by atoms with Gasteiger partial charge in [-0.2, -0.15) is 0 Å². The molecule has 0 atom stereocenters. The summed E-state index contributed by atoms with van der Waals surface area (Å²) in [7, 11) is 0. The van der Waals surface area contributed by atoms with Crippen molar-refractivity contribution in [1.82, 2.24) is 0 Å². The third kappa shape index (κ3) is 3.10. The highest BCUT2D eigenvalue weighted by Crippen LogP contribution is 2.29. The minimum atomic E-state index is -1.02. The van der Waals surface area contributed by atoms with Crippen LogP contribution in [0.3, 0.4) is 0 Å². The molecule has 0 aliphatic rings. The van der Waals surface area contributed by atoms with Crippen molar-refractivity contribution in [3.8, 4) is 0 Å². The molecule has 4 nitrogen and oxygen atoms in total. The standard InChI is InChI=1S/C13H10Cl2N2O2/c14-9-3-2-8(6-10(9)15)17-12-5-7(13(18)19)1-4-11(12)16/h1-6,17H,16H2,(H,18,19). The second-order valence-corrected chi connectivity index (χ2v) is 4.68. The van der Waals surface area contributed by atoms with Gasteiger partial charge < -0.3 is 16.2 Å². The average Bonchev–Trinajstić information content (AvgIpc) is 2.36. The number of hydrogen-bond donors (Lipinski definition) is 3. The minimum absolute atomic E-state index is 0.150.